The highest BCUT2D eigenvalue weighted by Crippen LogP contribution is 2.35. The summed E-state index contributed by atoms with van der Waals surface area (Å²) in [6, 6.07) is 19.6. The molecule has 2 saturated carbocycles. The van der Waals surface area contributed by atoms with Gasteiger partial charge in [0.2, 0.25) is 0 Å². The number of phenolic OH excluding ortho intramolecular Hbond substituents is 4. The third kappa shape index (κ3) is 61.6. The molecular weight excluding hydrogens is 1130 g/mol. The molecule has 0 radical (unpaired) electrons. The molecule has 0 bridgehead atoms. The van der Waals surface area contributed by atoms with E-state index in [-0.39, 0.29) is 109 Å². The molecule has 26 heteroatoms. The molecule has 0 heterocycles. The van der Waals surface area contributed by atoms with Crippen LogP contribution in [0.15, 0.2) is 72.8 Å². The van der Waals surface area contributed by atoms with E-state index in [1.54, 1.807) is 59.7 Å². The summed E-state index contributed by atoms with van der Waals surface area (Å²) >= 11 is 2.78. The summed E-state index contributed by atoms with van der Waals surface area (Å²) in [5.41, 5.74) is 2.03. The Kier molecular flexibility index (Phi) is 70.9. The molecule has 16 N–H and O–H groups in total. The van der Waals surface area contributed by atoms with Crippen molar-refractivity contribution in [2.24, 2.45) is 11.8 Å². The summed E-state index contributed by atoms with van der Waals surface area (Å²) in [4.78, 5) is 0. The number of hydrogen-bond acceptors (Lipinski definition) is 26. The van der Waals surface area contributed by atoms with Gasteiger partial charge >= 0.3 is 0 Å². The van der Waals surface area contributed by atoms with Crippen LogP contribution in [0.5, 0.6) is 23.0 Å². The molecule has 2 aliphatic rings. The van der Waals surface area contributed by atoms with E-state index in [2.05, 4.69) is 9.47 Å². The largest absolute Gasteiger partial charge is 0.508 e. The van der Waals surface area contributed by atoms with Crippen molar-refractivity contribution in [2.45, 2.75) is 111 Å². The second kappa shape index (κ2) is 65.7. The van der Waals surface area contributed by atoms with Crippen LogP contribution in [0.2, 0.25) is 0 Å². The second-order valence-corrected chi connectivity index (χ2v) is 21.3. The first-order valence-electron chi connectivity index (χ1n) is 25.1. The van der Waals surface area contributed by atoms with Gasteiger partial charge in [0.1, 0.15) is 57.0 Å². The number of phenols is 4. The molecule has 22 nitrogen and oxygen atoms in total. The van der Waals surface area contributed by atoms with Crippen LogP contribution < -0.4 is 0 Å². The molecule has 3 aromatic rings. The fraction of sp³-hybridized carbons (Fsp3) is 0.667. The third-order valence-electron chi connectivity index (χ3n) is 10.1. The smallest absolute Gasteiger partial charge is 0.152 e. The molecule has 2 unspecified atom stereocenters. The van der Waals surface area contributed by atoms with Crippen LogP contribution in [0, 0.1) is 11.8 Å². The number of ether oxygens (including phenoxy) is 6. The molecule has 5 rings (SSSR count). The van der Waals surface area contributed by atoms with Crippen LogP contribution in [0.25, 0.3) is 11.1 Å². The van der Waals surface area contributed by atoms with Crippen molar-refractivity contribution in [2.75, 3.05) is 109 Å². The van der Waals surface area contributed by atoms with Crippen molar-refractivity contribution >= 4 is 45.1 Å². The van der Waals surface area contributed by atoms with Crippen molar-refractivity contribution in [3.63, 3.8) is 0 Å². The molecule has 0 aromatic heterocycles. The minimum Gasteiger partial charge on any atom is -0.508 e. The fourth-order valence-corrected chi connectivity index (χ4v) is 8.84. The van der Waals surface area contributed by atoms with Crippen LogP contribution in [-0.4, -0.2) is 215 Å². The number of hydrogen-bond donors (Lipinski definition) is 16. The third-order valence-corrected chi connectivity index (χ3v) is 14.2. The Labute approximate surface area is 491 Å². The van der Waals surface area contributed by atoms with Crippen LogP contribution in [-0.2, 0) is 28.4 Å². The van der Waals surface area contributed by atoms with Crippen LogP contribution >= 0.6 is 45.1 Å². The lowest BCUT2D eigenvalue weighted by Gasteiger charge is -2.31. The van der Waals surface area contributed by atoms with E-state index in [4.69, 9.17) is 90.4 Å². The van der Waals surface area contributed by atoms with Gasteiger partial charge in [-0.3, -0.25) is 0 Å². The lowest BCUT2D eigenvalue weighted by molar-refractivity contribution is -0.142. The monoisotopic (exact) mass is 1230 g/mol. The van der Waals surface area contributed by atoms with E-state index in [9.17, 15) is 10.2 Å². The number of aromatic hydroxyl groups is 4. The van der Waals surface area contributed by atoms with Gasteiger partial charge in [0.05, 0.1) is 75.9 Å². The van der Waals surface area contributed by atoms with Gasteiger partial charge in [0.25, 0.3) is 0 Å². The molecule has 0 aliphatic heterocycles. The molecule has 2 aliphatic carbocycles. The fourth-order valence-electron chi connectivity index (χ4n) is 6.05. The maximum absolute atomic E-state index is 9.43. The highest BCUT2D eigenvalue weighted by Gasteiger charge is 2.25. The minimum atomic E-state index is -0.750. The van der Waals surface area contributed by atoms with Crippen molar-refractivity contribution in [1.82, 2.24) is 0 Å². The average Bonchev–Trinajstić information content (AvgIpc) is 3.43. The van der Waals surface area contributed by atoms with E-state index >= 15 is 0 Å². The first-order valence-corrected chi connectivity index (χ1v) is 29.9. The number of thioether (sulfide) groups is 2. The van der Waals surface area contributed by atoms with Gasteiger partial charge in [-0.15, -0.1) is 23.5 Å². The zero-order chi connectivity index (χ0) is 58.9. The van der Waals surface area contributed by atoms with Gasteiger partial charge < -0.3 is 110 Å². The van der Waals surface area contributed by atoms with Gasteiger partial charge in [-0.05, 0) is 143 Å². The summed E-state index contributed by atoms with van der Waals surface area (Å²) in [7, 11) is 3.42. The number of aliphatic hydroxyl groups excluding tert-OH is 11. The maximum Gasteiger partial charge on any atom is 0.152 e. The number of benzene rings is 3. The molecule has 0 saturated heterocycles. The normalized spacial score (nSPS) is 16.5. The van der Waals surface area contributed by atoms with Gasteiger partial charge in [0.15, 0.2) is 6.79 Å². The minimum absolute atomic E-state index is 0. The Hall–Kier alpha value is -2.46. The van der Waals surface area contributed by atoms with E-state index < -0.39 is 19.0 Å². The average molecular weight is 1230 g/mol. The maximum atomic E-state index is 9.43. The predicted molar refractivity (Wildman–Crippen MR) is 320 cm³/mol. The number of rotatable bonds is 27. The number of aliphatic hydroxyl groups is 12. The van der Waals surface area contributed by atoms with E-state index in [0.29, 0.717) is 26.4 Å². The Morgan fingerprint density at radius 1 is 0.438 bits per heavy atom. The second-order valence-electron chi connectivity index (χ2n) is 16.3. The van der Waals surface area contributed by atoms with Gasteiger partial charge in [0, 0.05) is 16.6 Å². The Bertz CT molecular complexity index is 1490. The van der Waals surface area contributed by atoms with Crippen LogP contribution in [0.3, 0.4) is 0 Å². The zero-order valence-electron chi connectivity index (χ0n) is 45.0. The van der Waals surface area contributed by atoms with Crippen LogP contribution in [0.4, 0.5) is 0 Å². The summed E-state index contributed by atoms with van der Waals surface area (Å²) in [5.74, 6) is 4.62. The molecule has 472 valence electrons. The van der Waals surface area contributed by atoms with Gasteiger partial charge in [-0.25, -0.2) is 0 Å². The Balaban J connectivity index is -0.000000279. The molecule has 0 spiro atoms. The Morgan fingerprint density at radius 2 is 0.713 bits per heavy atom. The molecule has 2 atom stereocenters. The predicted octanol–water partition coefficient (Wildman–Crippen LogP) is 5.81. The van der Waals surface area contributed by atoms with Crippen molar-refractivity contribution < 1.29 is 110 Å². The standard InChI is InChI=1S/C13H24O2.C12H10O2.C10H22O6S2.C6H6O2.C4H10O2.C3H8O4.C3H8O2S2.CH4O2.2CH4/c14-12-5-1-10(2-6-12)9-11-3-7-13(15)8-4-11;13-11-5-1-9(2-6-11)10-3-7-12(14)8-4-10;11-1-3-13-9-15-5-7-17-18-8-6-16-10-14-4-2-12;7-5-1-2-6(8)4-3-5;1-3(5)4(2)6;2*4-1-6-3-7-2-5;2-1-3;;/h10-15H,1-9H2;1-8,13-14H;11-12H,1-10H2;1-4,7-8H;3-6H,1-2H3;2*4-5H,1-3H2;2-3H,1H2;2*1H4. The SMILES string of the molecule is C.C.CC(O)C(C)O.OC1CCC(CC2CCC(O)CC2)CC1.OCCOCOCCSSCCOCOCCO.OCO.OCOCOCO.OCSCSCO.Oc1ccc(-c2ccc(O)cc2)cc1.Oc1ccc(O)cc1. The molecule has 80 heavy (non-hydrogen) atoms. The van der Waals surface area contributed by atoms with Crippen LogP contribution in [0.1, 0.15) is 86.5 Å². The molecule has 2 fully saturated rings. The lowest BCUT2D eigenvalue weighted by Crippen LogP contribution is -2.23. The highest BCUT2D eigenvalue weighted by atomic mass is 33.1. The van der Waals surface area contributed by atoms with Crippen molar-refractivity contribution in [1.29, 1.82) is 0 Å². The quantitative estimate of drug-likeness (QED) is 0.0185. The summed E-state index contributed by atoms with van der Waals surface area (Å²) < 4.78 is 28.7. The van der Waals surface area contributed by atoms with E-state index in [0.717, 1.165) is 65.2 Å². The zero-order valence-corrected chi connectivity index (χ0v) is 48.3. The molecular formula is C54H100O22S4. The van der Waals surface area contributed by atoms with Crippen molar-refractivity contribution in [3.05, 3.63) is 72.8 Å². The summed E-state index contributed by atoms with van der Waals surface area (Å²) in [6.45, 7) is 3.94. The summed E-state index contributed by atoms with van der Waals surface area (Å²) in [5, 5.41) is 135. The van der Waals surface area contributed by atoms with Gasteiger partial charge in [-0.2, -0.15) is 0 Å². The van der Waals surface area contributed by atoms with Crippen molar-refractivity contribution in [3.8, 4) is 34.1 Å². The summed E-state index contributed by atoms with van der Waals surface area (Å²) in [6.07, 6.45) is 9.07. The van der Waals surface area contributed by atoms with E-state index in [1.807, 2.05) is 24.3 Å². The van der Waals surface area contributed by atoms with E-state index in [1.165, 1.54) is 79.9 Å². The lowest BCUT2D eigenvalue weighted by atomic mass is 9.76. The highest BCUT2D eigenvalue weighted by molar-refractivity contribution is 8.76. The molecule has 0 amide bonds. The Morgan fingerprint density at radius 3 is 0.975 bits per heavy atom. The first-order chi connectivity index (χ1) is 37.6. The first kappa shape index (κ1) is 86.3. The molecule has 3 aromatic carbocycles. The topological polar surface area (TPSA) is 379 Å². The van der Waals surface area contributed by atoms with Gasteiger partial charge in [-0.1, -0.05) is 60.7 Å².